The zero-order valence-electron chi connectivity index (χ0n) is 47.9. The van der Waals surface area contributed by atoms with Crippen molar-refractivity contribution in [3.63, 3.8) is 0 Å². The number of carbonyl (C=O) groups is 1. The predicted molar refractivity (Wildman–Crippen MR) is 306 cm³/mol. The van der Waals surface area contributed by atoms with Gasteiger partial charge in [-0.2, -0.15) is 8.42 Å². The number of nitrogens with one attached hydrogen (secondary N) is 1. The minimum Gasteiger partial charge on any atom is -0.394 e. The molecule has 7 atom stereocenters. The van der Waals surface area contributed by atoms with Gasteiger partial charge in [-0.25, -0.2) is 4.18 Å². The van der Waals surface area contributed by atoms with Crippen molar-refractivity contribution in [2.45, 2.75) is 358 Å². The molecule has 0 bridgehead atoms. The summed E-state index contributed by atoms with van der Waals surface area (Å²) in [5.74, 6) is -0.224. The second-order valence-corrected chi connectivity index (χ2v) is 23.4. The van der Waals surface area contributed by atoms with Crippen molar-refractivity contribution in [2.75, 3.05) is 13.2 Å². The molecule has 7 unspecified atom stereocenters. The molecule has 13 heteroatoms. The summed E-state index contributed by atoms with van der Waals surface area (Å²) in [6, 6.07) is -0.856. The van der Waals surface area contributed by atoms with Gasteiger partial charge in [0.15, 0.2) is 6.29 Å². The highest BCUT2D eigenvalue weighted by Crippen LogP contribution is 2.26. The molecular formula is C61H119NO11S. The Bertz CT molecular complexity index is 1350. The summed E-state index contributed by atoms with van der Waals surface area (Å²) in [5, 5.41) is 45.2. The number of ether oxygens (including phenoxy) is 2. The first-order valence-corrected chi connectivity index (χ1v) is 32.9. The van der Waals surface area contributed by atoms with Gasteiger partial charge >= 0.3 is 10.4 Å². The second-order valence-electron chi connectivity index (χ2n) is 22.4. The minimum absolute atomic E-state index is 0.224. The van der Waals surface area contributed by atoms with Crippen molar-refractivity contribution in [3.05, 3.63) is 12.2 Å². The van der Waals surface area contributed by atoms with Gasteiger partial charge in [0.2, 0.25) is 5.91 Å². The average Bonchev–Trinajstić information content (AvgIpc) is 3.38. The van der Waals surface area contributed by atoms with Crippen molar-refractivity contribution in [1.82, 2.24) is 5.32 Å². The molecule has 1 heterocycles. The van der Waals surface area contributed by atoms with Crippen molar-refractivity contribution in [1.29, 1.82) is 0 Å². The van der Waals surface area contributed by atoms with E-state index < -0.39 is 59.9 Å². The number of aliphatic hydroxyl groups is 4. The molecule has 440 valence electrons. The van der Waals surface area contributed by atoms with Crippen LogP contribution in [0.15, 0.2) is 12.2 Å². The largest absolute Gasteiger partial charge is 0.397 e. The number of carbonyl (C=O) groups excluding carboxylic acids is 1. The summed E-state index contributed by atoms with van der Waals surface area (Å²) in [4.78, 5) is 13.2. The van der Waals surface area contributed by atoms with Gasteiger partial charge in [-0.1, -0.05) is 283 Å². The van der Waals surface area contributed by atoms with Crippen LogP contribution in [0.3, 0.4) is 0 Å². The van der Waals surface area contributed by atoms with E-state index in [1.165, 1.54) is 238 Å². The lowest BCUT2D eigenvalue weighted by Crippen LogP contribution is -2.61. The Hall–Kier alpha value is -1.16. The van der Waals surface area contributed by atoms with Crippen LogP contribution in [0.1, 0.15) is 316 Å². The molecule has 0 spiro atoms. The van der Waals surface area contributed by atoms with Gasteiger partial charge in [0.1, 0.15) is 24.4 Å². The maximum Gasteiger partial charge on any atom is 0.397 e. The molecule has 1 amide bonds. The van der Waals surface area contributed by atoms with Gasteiger partial charge in [0, 0.05) is 6.42 Å². The van der Waals surface area contributed by atoms with Gasteiger partial charge in [0.05, 0.1) is 25.4 Å². The third-order valence-corrected chi connectivity index (χ3v) is 15.8. The molecule has 12 nitrogen and oxygen atoms in total. The van der Waals surface area contributed by atoms with E-state index in [4.69, 9.17) is 9.47 Å². The van der Waals surface area contributed by atoms with Gasteiger partial charge in [-0.15, -0.1) is 0 Å². The van der Waals surface area contributed by atoms with Crippen LogP contribution in [0.2, 0.25) is 0 Å². The number of unbranched alkanes of at least 4 members (excludes halogenated alkanes) is 42. The van der Waals surface area contributed by atoms with E-state index in [0.717, 1.165) is 51.4 Å². The van der Waals surface area contributed by atoms with Crippen LogP contribution in [0.25, 0.3) is 0 Å². The summed E-state index contributed by atoms with van der Waals surface area (Å²) in [6.07, 6.45) is 53.7. The van der Waals surface area contributed by atoms with E-state index in [9.17, 15) is 38.2 Å². The second kappa shape index (κ2) is 51.3. The Labute approximate surface area is 455 Å². The van der Waals surface area contributed by atoms with Crippen LogP contribution in [0, 0.1) is 0 Å². The van der Waals surface area contributed by atoms with Gasteiger partial charge < -0.3 is 35.2 Å². The molecule has 0 aliphatic carbocycles. The fraction of sp³-hybridized carbons (Fsp3) is 0.951. The first-order valence-electron chi connectivity index (χ1n) is 31.6. The lowest BCUT2D eigenvalue weighted by atomic mass is 9.99. The topological polar surface area (TPSA) is 192 Å². The first kappa shape index (κ1) is 70.9. The quantitative estimate of drug-likeness (QED) is 0.0193. The van der Waals surface area contributed by atoms with Crippen molar-refractivity contribution in [2.24, 2.45) is 0 Å². The lowest BCUT2D eigenvalue weighted by molar-refractivity contribution is -0.298. The monoisotopic (exact) mass is 1070 g/mol. The number of rotatable bonds is 56. The minimum atomic E-state index is -5.08. The van der Waals surface area contributed by atoms with Crippen LogP contribution >= 0.6 is 0 Å². The third kappa shape index (κ3) is 42.8. The van der Waals surface area contributed by atoms with E-state index in [1.54, 1.807) is 0 Å². The predicted octanol–water partition coefficient (Wildman–Crippen LogP) is 15.4. The van der Waals surface area contributed by atoms with E-state index in [2.05, 4.69) is 35.5 Å². The number of allylic oxidation sites excluding steroid dienone is 2. The van der Waals surface area contributed by atoms with Crippen LogP contribution in [-0.4, -0.2) is 95.4 Å². The normalized spacial score (nSPS) is 19.1. The standard InChI is InChI=1S/C61H119NO11S/c1-3-5-7-9-11-13-15-17-19-21-23-24-25-26-27-28-29-30-31-32-33-35-37-39-41-43-45-47-49-51-57(65)62-54(53-71-61-59(67)60(73-74(68,69)70)58(66)56(52-63)72-61)55(64)50-48-46-44-42-40-38-36-34-22-20-18-16-14-12-10-8-6-4-2/h26-27,54-56,58-61,63-64,66-67H,3-25,28-53H2,1-2H3,(H,62,65)(H,68,69,70)/b27-26-. The molecule has 6 N–H and O–H groups in total. The smallest absolute Gasteiger partial charge is 0.394 e. The van der Waals surface area contributed by atoms with E-state index >= 15 is 0 Å². The lowest BCUT2D eigenvalue weighted by Gasteiger charge is -2.41. The van der Waals surface area contributed by atoms with Gasteiger partial charge in [-0.05, 0) is 38.5 Å². The van der Waals surface area contributed by atoms with Crippen LogP contribution in [0.5, 0.6) is 0 Å². The van der Waals surface area contributed by atoms with Gasteiger partial charge in [0.25, 0.3) is 0 Å². The Morgan fingerprint density at radius 2 is 0.865 bits per heavy atom. The highest BCUT2D eigenvalue weighted by atomic mass is 32.3. The molecule has 1 fully saturated rings. The van der Waals surface area contributed by atoms with E-state index in [-0.39, 0.29) is 12.5 Å². The van der Waals surface area contributed by atoms with Crippen LogP contribution in [0.4, 0.5) is 0 Å². The molecule has 0 saturated carbocycles. The summed E-state index contributed by atoms with van der Waals surface area (Å²) >= 11 is 0. The molecule has 1 aliphatic heterocycles. The number of amides is 1. The molecule has 1 aliphatic rings. The summed E-state index contributed by atoms with van der Waals surface area (Å²) in [6.45, 7) is 3.51. The molecule has 1 saturated heterocycles. The Kier molecular flexibility index (Phi) is 49.1. The molecule has 0 aromatic rings. The Morgan fingerprint density at radius 1 is 0.527 bits per heavy atom. The fourth-order valence-corrected chi connectivity index (χ4v) is 11.0. The van der Waals surface area contributed by atoms with Crippen molar-refractivity contribution >= 4 is 16.3 Å². The van der Waals surface area contributed by atoms with Crippen molar-refractivity contribution < 1.29 is 51.8 Å². The van der Waals surface area contributed by atoms with E-state index in [1.807, 2.05) is 0 Å². The summed E-state index contributed by atoms with van der Waals surface area (Å²) in [5.41, 5.74) is 0. The fourth-order valence-electron chi connectivity index (χ4n) is 10.5. The number of hydrogen-bond donors (Lipinski definition) is 6. The van der Waals surface area contributed by atoms with Gasteiger partial charge in [-0.3, -0.25) is 9.35 Å². The maximum atomic E-state index is 13.2. The highest BCUT2D eigenvalue weighted by Gasteiger charge is 2.48. The average molecular weight is 1070 g/mol. The molecule has 0 aromatic heterocycles. The molecule has 0 aromatic carbocycles. The number of aliphatic hydroxyl groups excluding tert-OH is 4. The number of hydrogen-bond acceptors (Lipinski definition) is 10. The van der Waals surface area contributed by atoms with E-state index in [0.29, 0.717) is 12.8 Å². The molecule has 0 radical (unpaired) electrons. The summed E-state index contributed by atoms with van der Waals surface area (Å²) in [7, 11) is -5.08. The molecule has 1 rings (SSSR count). The molecular weight excluding hydrogens is 955 g/mol. The van der Waals surface area contributed by atoms with Crippen LogP contribution in [-0.2, 0) is 28.9 Å². The molecule has 74 heavy (non-hydrogen) atoms. The summed E-state index contributed by atoms with van der Waals surface area (Å²) < 4.78 is 48.0. The zero-order chi connectivity index (χ0) is 54.0. The first-order chi connectivity index (χ1) is 36.0. The van der Waals surface area contributed by atoms with Crippen LogP contribution < -0.4 is 5.32 Å². The maximum absolute atomic E-state index is 13.2. The Morgan fingerprint density at radius 3 is 1.22 bits per heavy atom. The SMILES string of the molecule is CCCCCCCCCCCCCC/C=C\CCCCCCCCCCCCCCCC(=O)NC(COC1OC(CO)C(O)C(OS(=O)(=O)O)C1O)C(O)CCCCCCCCCCCCCCCCCCCC. The zero-order valence-corrected chi connectivity index (χ0v) is 48.8. The highest BCUT2D eigenvalue weighted by molar-refractivity contribution is 7.80. The third-order valence-electron chi connectivity index (χ3n) is 15.3. The van der Waals surface area contributed by atoms with Crippen molar-refractivity contribution in [3.8, 4) is 0 Å². The Balaban J connectivity index is 2.27.